The van der Waals surface area contributed by atoms with E-state index in [0.29, 0.717) is 5.91 Å². The second kappa shape index (κ2) is 6.44. The van der Waals surface area contributed by atoms with Crippen LogP contribution in [0.4, 0.5) is 0 Å². The highest BCUT2D eigenvalue weighted by molar-refractivity contribution is 8.00. The molecule has 0 unspecified atom stereocenters. The summed E-state index contributed by atoms with van der Waals surface area (Å²) in [4.78, 5) is 17.1. The quantitative estimate of drug-likeness (QED) is 0.755. The third-order valence-electron chi connectivity index (χ3n) is 5.09. The predicted molar refractivity (Wildman–Crippen MR) is 83.7 cm³/mol. The molecule has 3 aliphatic heterocycles. The lowest BCUT2D eigenvalue weighted by Gasteiger charge is -2.45. The van der Waals surface area contributed by atoms with Crippen molar-refractivity contribution in [3.63, 3.8) is 0 Å². The number of hydrogen-bond donors (Lipinski definition) is 0. The van der Waals surface area contributed by atoms with Crippen LogP contribution in [0.3, 0.4) is 0 Å². The minimum absolute atomic E-state index is 0.00468. The standard InChI is InChI=1S/C15H26N2O3S/c1-16-10-12(19-2)9-13(16)14(18)17-5-8-21-15(11-17)3-6-20-7-4-15/h12-13H,3-11H2,1-2H3/t12-,13-/m0/s1. The molecule has 120 valence electrons. The molecule has 3 fully saturated rings. The molecule has 6 heteroatoms. The van der Waals surface area contributed by atoms with Crippen LogP contribution in [0.2, 0.25) is 0 Å². The number of likely N-dealkylation sites (N-methyl/N-ethyl adjacent to an activating group) is 1. The Labute approximate surface area is 131 Å². The number of rotatable bonds is 2. The van der Waals surface area contributed by atoms with Crippen molar-refractivity contribution in [2.24, 2.45) is 0 Å². The fraction of sp³-hybridized carbons (Fsp3) is 0.933. The molecule has 3 heterocycles. The molecule has 0 saturated carbocycles. The van der Waals surface area contributed by atoms with E-state index in [9.17, 15) is 4.79 Å². The number of ether oxygens (including phenoxy) is 2. The zero-order valence-electron chi connectivity index (χ0n) is 13.0. The molecule has 0 aromatic carbocycles. The van der Waals surface area contributed by atoms with Gasteiger partial charge in [0.1, 0.15) is 0 Å². The Morgan fingerprint density at radius 2 is 2.14 bits per heavy atom. The van der Waals surface area contributed by atoms with Crippen molar-refractivity contribution in [2.75, 3.05) is 52.8 Å². The third kappa shape index (κ3) is 3.23. The lowest BCUT2D eigenvalue weighted by atomic mass is 9.97. The maximum Gasteiger partial charge on any atom is 0.240 e. The van der Waals surface area contributed by atoms with Crippen molar-refractivity contribution < 1.29 is 14.3 Å². The molecule has 1 amide bonds. The first-order valence-corrected chi connectivity index (χ1v) is 8.86. The summed E-state index contributed by atoms with van der Waals surface area (Å²) in [5, 5.41) is 0. The van der Waals surface area contributed by atoms with E-state index >= 15 is 0 Å². The molecule has 3 rings (SSSR count). The molecule has 0 aromatic heterocycles. The molecule has 0 aromatic rings. The molecule has 3 aliphatic rings. The molecule has 1 spiro atoms. The van der Waals surface area contributed by atoms with Crippen LogP contribution in [0.5, 0.6) is 0 Å². The van der Waals surface area contributed by atoms with E-state index in [1.807, 2.05) is 18.8 Å². The van der Waals surface area contributed by atoms with Gasteiger partial charge in [0.25, 0.3) is 0 Å². The minimum Gasteiger partial charge on any atom is -0.381 e. The van der Waals surface area contributed by atoms with Crippen LogP contribution in [0.25, 0.3) is 0 Å². The SMILES string of the molecule is CO[C@H]1C[C@@H](C(=O)N2CCSC3(CCOCC3)C2)N(C)C1. The highest BCUT2D eigenvalue weighted by Crippen LogP contribution is 2.39. The Balaban J connectivity index is 1.64. The van der Waals surface area contributed by atoms with Crippen LogP contribution >= 0.6 is 11.8 Å². The smallest absolute Gasteiger partial charge is 0.240 e. The average molecular weight is 314 g/mol. The number of hydrogen-bond acceptors (Lipinski definition) is 5. The summed E-state index contributed by atoms with van der Waals surface area (Å²) in [7, 11) is 3.77. The topological polar surface area (TPSA) is 42.0 Å². The lowest BCUT2D eigenvalue weighted by Crippen LogP contribution is -2.55. The van der Waals surface area contributed by atoms with Crippen LogP contribution in [-0.4, -0.2) is 85.4 Å². The average Bonchev–Trinajstić information content (AvgIpc) is 2.88. The van der Waals surface area contributed by atoms with Gasteiger partial charge in [0.05, 0.1) is 12.1 Å². The largest absolute Gasteiger partial charge is 0.381 e. The van der Waals surface area contributed by atoms with Gasteiger partial charge in [-0.3, -0.25) is 9.69 Å². The Kier molecular flexibility index (Phi) is 4.78. The zero-order chi connectivity index (χ0) is 14.9. The normalized spacial score (nSPS) is 33.5. The van der Waals surface area contributed by atoms with E-state index < -0.39 is 0 Å². The van der Waals surface area contributed by atoms with E-state index in [0.717, 1.165) is 57.9 Å². The van der Waals surface area contributed by atoms with Crippen molar-refractivity contribution in [2.45, 2.75) is 36.2 Å². The number of likely N-dealkylation sites (tertiary alicyclic amines) is 1. The second-order valence-corrected chi connectivity index (χ2v) is 8.02. The van der Waals surface area contributed by atoms with E-state index in [1.54, 1.807) is 7.11 Å². The minimum atomic E-state index is -0.00468. The van der Waals surface area contributed by atoms with E-state index in [-0.39, 0.29) is 16.9 Å². The van der Waals surface area contributed by atoms with Gasteiger partial charge < -0.3 is 14.4 Å². The zero-order valence-corrected chi connectivity index (χ0v) is 13.9. The monoisotopic (exact) mass is 314 g/mol. The number of carbonyl (C=O) groups excluding carboxylic acids is 1. The summed E-state index contributed by atoms with van der Waals surface area (Å²) in [6, 6.07) is -0.00468. The first kappa shape index (κ1) is 15.6. The van der Waals surface area contributed by atoms with Crippen molar-refractivity contribution in [3.8, 4) is 0 Å². The van der Waals surface area contributed by atoms with Gasteiger partial charge in [-0.25, -0.2) is 0 Å². The molecule has 0 radical (unpaired) electrons. The highest BCUT2D eigenvalue weighted by Gasteiger charge is 2.43. The molecule has 21 heavy (non-hydrogen) atoms. The number of amides is 1. The van der Waals surface area contributed by atoms with Crippen LogP contribution in [0.1, 0.15) is 19.3 Å². The van der Waals surface area contributed by atoms with Crippen LogP contribution < -0.4 is 0 Å². The fourth-order valence-corrected chi connectivity index (χ4v) is 5.15. The Hall–Kier alpha value is -0.300. The number of thioether (sulfide) groups is 1. The van der Waals surface area contributed by atoms with Gasteiger partial charge in [0.2, 0.25) is 5.91 Å². The van der Waals surface area contributed by atoms with Crippen molar-refractivity contribution in [1.29, 1.82) is 0 Å². The third-order valence-corrected chi connectivity index (χ3v) is 6.63. The Morgan fingerprint density at radius 1 is 1.38 bits per heavy atom. The molecule has 0 aliphatic carbocycles. The summed E-state index contributed by atoms with van der Waals surface area (Å²) < 4.78 is 11.2. The van der Waals surface area contributed by atoms with Crippen LogP contribution in [0.15, 0.2) is 0 Å². The maximum atomic E-state index is 12.9. The molecule has 0 N–H and O–H groups in total. The van der Waals surface area contributed by atoms with Crippen molar-refractivity contribution in [1.82, 2.24) is 9.80 Å². The first-order valence-electron chi connectivity index (χ1n) is 7.87. The molecular formula is C15H26N2O3S. The summed E-state index contributed by atoms with van der Waals surface area (Å²) >= 11 is 2.04. The van der Waals surface area contributed by atoms with Gasteiger partial charge in [0, 0.05) is 50.5 Å². The van der Waals surface area contributed by atoms with Gasteiger partial charge in [0.15, 0.2) is 0 Å². The van der Waals surface area contributed by atoms with Crippen molar-refractivity contribution >= 4 is 17.7 Å². The Morgan fingerprint density at radius 3 is 2.81 bits per heavy atom. The molecule has 5 nitrogen and oxygen atoms in total. The van der Waals surface area contributed by atoms with E-state index in [1.165, 1.54) is 0 Å². The molecule has 2 atom stereocenters. The number of methoxy groups -OCH3 is 1. The van der Waals surface area contributed by atoms with Gasteiger partial charge in [-0.2, -0.15) is 11.8 Å². The van der Waals surface area contributed by atoms with Crippen LogP contribution in [-0.2, 0) is 14.3 Å². The maximum absolute atomic E-state index is 12.9. The van der Waals surface area contributed by atoms with Crippen LogP contribution in [0, 0.1) is 0 Å². The Bertz CT molecular complexity index is 382. The first-order chi connectivity index (χ1) is 10.1. The van der Waals surface area contributed by atoms with Crippen molar-refractivity contribution in [3.05, 3.63) is 0 Å². The van der Waals surface area contributed by atoms with Gasteiger partial charge >= 0.3 is 0 Å². The number of carbonyl (C=O) groups is 1. The lowest BCUT2D eigenvalue weighted by molar-refractivity contribution is -0.136. The van der Waals surface area contributed by atoms with Gasteiger partial charge in [-0.1, -0.05) is 0 Å². The second-order valence-electron chi connectivity index (χ2n) is 6.45. The predicted octanol–water partition coefficient (Wildman–Crippen LogP) is 0.830. The van der Waals surface area contributed by atoms with E-state index in [2.05, 4.69) is 9.80 Å². The summed E-state index contributed by atoms with van der Waals surface area (Å²) in [5.74, 6) is 1.35. The number of nitrogens with zero attached hydrogens (tertiary/aromatic N) is 2. The van der Waals surface area contributed by atoms with Gasteiger partial charge in [-0.05, 0) is 26.3 Å². The fourth-order valence-electron chi connectivity index (χ4n) is 3.70. The van der Waals surface area contributed by atoms with Gasteiger partial charge in [-0.15, -0.1) is 0 Å². The van der Waals surface area contributed by atoms with E-state index in [4.69, 9.17) is 9.47 Å². The molecule has 0 bridgehead atoms. The molecular weight excluding hydrogens is 288 g/mol. The highest BCUT2D eigenvalue weighted by atomic mass is 32.2. The summed E-state index contributed by atoms with van der Waals surface area (Å²) in [5.41, 5.74) is 0. The molecule has 3 saturated heterocycles. The summed E-state index contributed by atoms with van der Waals surface area (Å²) in [6.07, 6.45) is 3.16. The summed E-state index contributed by atoms with van der Waals surface area (Å²) in [6.45, 7) is 4.30.